The molecule has 0 aliphatic heterocycles. The minimum atomic E-state index is -1.61. The number of halogens is 3. The van der Waals surface area contributed by atoms with Crippen LogP contribution >= 0.6 is 0 Å². The zero-order valence-electron chi connectivity index (χ0n) is 10.2. The Hall–Kier alpha value is -2.90. The van der Waals surface area contributed by atoms with Gasteiger partial charge >= 0.3 is 5.97 Å². The Morgan fingerprint density at radius 2 is 1.90 bits per heavy atom. The molecule has 0 radical (unpaired) electrons. The van der Waals surface area contributed by atoms with E-state index in [0.29, 0.717) is 0 Å². The van der Waals surface area contributed by atoms with Crippen LogP contribution in [0.3, 0.4) is 0 Å². The number of carboxylic acids is 1. The van der Waals surface area contributed by atoms with Crippen molar-refractivity contribution in [1.82, 2.24) is 14.6 Å². The van der Waals surface area contributed by atoms with Gasteiger partial charge in [-0.1, -0.05) is 0 Å². The molecule has 0 saturated heterocycles. The molecule has 0 saturated carbocycles. The third-order valence-electron chi connectivity index (χ3n) is 2.86. The Kier molecular flexibility index (Phi) is 2.86. The second kappa shape index (κ2) is 4.58. The topological polar surface area (TPSA) is 67.5 Å². The zero-order valence-corrected chi connectivity index (χ0v) is 10.2. The molecule has 1 N–H and O–H groups in total. The number of hydrogen-bond donors (Lipinski definition) is 1. The van der Waals surface area contributed by atoms with Gasteiger partial charge < -0.3 is 5.11 Å². The number of pyridine rings is 1. The SMILES string of the molecule is O=C(O)c1ccn2nc(-c3ccc(F)c(F)c3F)nc2c1. The predicted molar refractivity (Wildman–Crippen MR) is 65.3 cm³/mol. The summed E-state index contributed by atoms with van der Waals surface area (Å²) in [6.45, 7) is 0. The summed E-state index contributed by atoms with van der Waals surface area (Å²) in [4.78, 5) is 14.8. The first kappa shape index (κ1) is 13.1. The third-order valence-corrected chi connectivity index (χ3v) is 2.86. The van der Waals surface area contributed by atoms with E-state index in [2.05, 4.69) is 10.1 Å². The fourth-order valence-corrected chi connectivity index (χ4v) is 1.83. The number of rotatable bonds is 2. The van der Waals surface area contributed by atoms with E-state index in [4.69, 9.17) is 5.11 Å². The van der Waals surface area contributed by atoms with Gasteiger partial charge in [-0.3, -0.25) is 0 Å². The van der Waals surface area contributed by atoms with Crippen molar-refractivity contribution < 1.29 is 23.1 Å². The normalized spacial score (nSPS) is 11.0. The molecule has 2 aromatic heterocycles. The van der Waals surface area contributed by atoms with Gasteiger partial charge in [0.25, 0.3) is 0 Å². The fourth-order valence-electron chi connectivity index (χ4n) is 1.83. The highest BCUT2D eigenvalue weighted by molar-refractivity contribution is 5.88. The molecule has 1 aromatic carbocycles. The Morgan fingerprint density at radius 1 is 1.14 bits per heavy atom. The number of benzene rings is 1. The van der Waals surface area contributed by atoms with E-state index >= 15 is 0 Å². The van der Waals surface area contributed by atoms with Crippen LogP contribution in [0.1, 0.15) is 10.4 Å². The second-order valence-corrected chi connectivity index (χ2v) is 4.18. The molecule has 3 aromatic rings. The number of aromatic carboxylic acids is 1. The van der Waals surface area contributed by atoms with Gasteiger partial charge in [0.2, 0.25) is 0 Å². The first-order valence-corrected chi connectivity index (χ1v) is 5.71. The van der Waals surface area contributed by atoms with Gasteiger partial charge in [0.1, 0.15) is 0 Å². The van der Waals surface area contributed by atoms with Crippen molar-refractivity contribution in [2.75, 3.05) is 0 Å². The molecule has 0 fully saturated rings. The van der Waals surface area contributed by atoms with Crippen LogP contribution in [-0.4, -0.2) is 25.7 Å². The van der Waals surface area contributed by atoms with Crippen LogP contribution in [0.5, 0.6) is 0 Å². The summed E-state index contributed by atoms with van der Waals surface area (Å²) in [7, 11) is 0. The molecule has 0 unspecified atom stereocenters. The fraction of sp³-hybridized carbons (Fsp3) is 0. The highest BCUT2D eigenvalue weighted by Gasteiger charge is 2.18. The number of carbonyl (C=O) groups is 1. The van der Waals surface area contributed by atoms with Crippen LogP contribution in [0, 0.1) is 17.5 Å². The van der Waals surface area contributed by atoms with Gasteiger partial charge in [-0.15, -0.1) is 5.10 Å². The first-order valence-electron chi connectivity index (χ1n) is 5.71. The van der Waals surface area contributed by atoms with Crippen LogP contribution in [0.25, 0.3) is 17.0 Å². The Labute approximate surface area is 115 Å². The maximum atomic E-state index is 13.7. The molecule has 5 nitrogen and oxygen atoms in total. The highest BCUT2D eigenvalue weighted by atomic mass is 19.2. The quantitative estimate of drug-likeness (QED) is 0.737. The minimum absolute atomic E-state index is 0.0211. The average Bonchev–Trinajstić information content (AvgIpc) is 2.87. The van der Waals surface area contributed by atoms with E-state index in [0.717, 1.165) is 12.1 Å². The van der Waals surface area contributed by atoms with Crippen molar-refractivity contribution in [1.29, 1.82) is 0 Å². The van der Waals surface area contributed by atoms with Crippen LogP contribution in [0.2, 0.25) is 0 Å². The van der Waals surface area contributed by atoms with Crippen molar-refractivity contribution in [3.05, 3.63) is 53.5 Å². The molecular formula is C13H6F3N3O2. The van der Waals surface area contributed by atoms with Crippen molar-refractivity contribution in [2.24, 2.45) is 0 Å². The number of carboxylic acid groups (broad SMARTS) is 1. The molecule has 106 valence electrons. The molecule has 8 heteroatoms. The lowest BCUT2D eigenvalue weighted by Crippen LogP contribution is -1.97. The monoisotopic (exact) mass is 293 g/mol. The summed E-state index contributed by atoms with van der Waals surface area (Å²) in [5, 5.41) is 12.8. The number of hydrogen-bond acceptors (Lipinski definition) is 3. The lowest BCUT2D eigenvalue weighted by molar-refractivity contribution is 0.0697. The molecule has 3 rings (SSSR count). The lowest BCUT2D eigenvalue weighted by Gasteiger charge is -1.99. The van der Waals surface area contributed by atoms with Crippen molar-refractivity contribution in [2.45, 2.75) is 0 Å². The van der Waals surface area contributed by atoms with E-state index in [-0.39, 0.29) is 22.6 Å². The Bertz CT molecular complexity index is 876. The van der Waals surface area contributed by atoms with Gasteiger partial charge in [-0.2, -0.15) is 0 Å². The standard InChI is InChI=1S/C13H6F3N3O2/c14-8-2-1-7(10(15)11(8)16)12-17-9-5-6(13(20)21)3-4-19(9)18-12/h1-5H,(H,20,21). The highest BCUT2D eigenvalue weighted by Crippen LogP contribution is 2.24. The molecule has 0 amide bonds. The summed E-state index contributed by atoms with van der Waals surface area (Å²) < 4.78 is 41.0. The summed E-state index contributed by atoms with van der Waals surface area (Å²) in [5.41, 5.74) is -0.185. The lowest BCUT2D eigenvalue weighted by atomic mass is 10.2. The van der Waals surface area contributed by atoms with Gasteiger partial charge in [-0.05, 0) is 24.3 Å². The van der Waals surface area contributed by atoms with Gasteiger partial charge in [0.15, 0.2) is 28.9 Å². The largest absolute Gasteiger partial charge is 0.478 e. The number of aromatic nitrogens is 3. The van der Waals surface area contributed by atoms with Crippen LogP contribution < -0.4 is 0 Å². The Morgan fingerprint density at radius 3 is 2.62 bits per heavy atom. The molecular weight excluding hydrogens is 287 g/mol. The van der Waals surface area contributed by atoms with Gasteiger partial charge in [0, 0.05) is 6.20 Å². The van der Waals surface area contributed by atoms with E-state index in [1.165, 1.54) is 22.8 Å². The second-order valence-electron chi connectivity index (χ2n) is 4.18. The zero-order chi connectivity index (χ0) is 15.1. The minimum Gasteiger partial charge on any atom is -0.478 e. The summed E-state index contributed by atoms with van der Waals surface area (Å²) >= 11 is 0. The van der Waals surface area contributed by atoms with E-state index < -0.39 is 23.4 Å². The molecule has 0 aliphatic rings. The smallest absolute Gasteiger partial charge is 0.335 e. The molecule has 0 atom stereocenters. The van der Waals surface area contributed by atoms with Gasteiger partial charge in [-0.25, -0.2) is 27.5 Å². The summed E-state index contributed by atoms with van der Waals surface area (Å²) in [6.07, 6.45) is 1.33. The molecule has 2 heterocycles. The van der Waals surface area contributed by atoms with E-state index in [9.17, 15) is 18.0 Å². The first-order chi connectivity index (χ1) is 9.97. The van der Waals surface area contributed by atoms with Crippen molar-refractivity contribution in [3.8, 4) is 11.4 Å². The molecule has 0 spiro atoms. The predicted octanol–water partition coefficient (Wildman–Crippen LogP) is 2.51. The average molecular weight is 293 g/mol. The van der Waals surface area contributed by atoms with Crippen LogP contribution in [0.4, 0.5) is 13.2 Å². The summed E-state index contributed by atoms with van der Waals surface area (Å²) in [6, 6.07) is 4.30. The van der Waals surface area contributed by atoms with E-state index in [1.807, 2.05) is 0 Å². The van der Waals surface area contributed by atoms with Gasteiger partial charge in [0.05, 0.1) is 11.1 Å². The Balaban J connectivity index is 2.18. The van der Waals surface area contributed by atoms with Crippen LogP contribution in [0.15, 0.2) is 30.5 Å². The van der Waals surface area contributed by atoms with E-state index in [1.54, 1.807) is 0 Å². The molecule has 0 bridgehead atoms. The van der Waals surface area contributed by atoms with Crippen LogP contribution in [-0.2, 0) is 0 Å². The maximum Gasteiger partial charge on any atom is 0.335 e. The molecule has 0 aliphatic carbocycles. The van der Waals surface area contributed by atoms with Crippen molar-refractivity contribution >= 4 is 11.6 Å². The number of nitrogens with zero attached hydrogens (tertiary/aromatic N) is 3. The van der Waals surface area contributed by atoms with Crippen molar-refractivity contribution in [3.63, 3.8) is 0 Å². The maximum absolute atomic E-state index is 13.7. The third kappa shape index (κ3) is 2.10. The summed E-state index contributed by atoms with van der Waals surface area (Å²) in [5.74, 6) is -5.65. The molecule has 21 heavy (non-hydrogen) atoms. The number of fused-ring (bicyclic) bond motifs is 1.